The second-order valence-electron chi connectivity index (χ2n) is 5.53. The lowest BCUT2D eigenvalue weighted by atomic mass is 9.96. The maximum absolute atomic E-state index is 12.8. The van der Waals surface area contributed by atoms with E-state index in [0.717, 1.165) is 31.4 Å². The van der Waals surface area contributed by atoms with Crippen molar-refractivity contribution in [2.24, 2.45) is 0 Å². The molecule has 1 spiro atoms. The molecule has 0 bridgehead atoms. The second-order valence-corrected chi connectivity index (χ2v) is 5.53. The minimum absolute atomic E-state index is 0.0260. The van der Waals surface area contributed by atoms with Gasteiger partial charge in [0.05, 0.1) is 12.2 Å². The zero-order chi connectivity index (χ0) is 14.0. The van der Waals surface area contributed by atoms with Gasteiger partial charge in [-0.3, -0.25) is 9.59 Å². The number of hydrogen-bond acceptors (Lipinski definition) is 4. The van der Waals surface area contributed by atoms with Crippen LogP contribution in [0.3, 0.4) is 0 Å². The molecule has 20 heavy (non-hydrogen) atoms. The molecule has 6 nitrogen and oxygen atoms in total. The molecule has 0 unspecified atom stereocenters. The first-order valence-corrected chi connectivity index (χ1v) is 7.07. The highest BCUT2D eigenvalue weighted by Crippen LogP contribution is 2.33. The van der Waals surface area contributed by atoms with E-state index >= 15 is 0 Å². The number of aromatic nitrogens is 2. The highest BCUT2D eigenvalue weighted by Gasteiger charge is 2.46. The van der Waals surface area contributed by atoms with Crippen molar-refractivity contribution in [3.63, 3.8) is 0 Å². The summed E-state index contributed by atoms with van der Waals surface area (Å²) < 4.78 is 0. The van der Waals surface area contributed by atoms with Gasteiger partial charge in [-0.15, -0.1) is 0 Å². The van der Waals surface area contributed by atoms with Gasteiger partial charge in [-0.05, 0) is 25.0 Å². The molecule has 0 radical (unpaired) electrons. The van der Waals surface area contributed by atoms with Crippen LogP contribution in [0.5, 0.6) is 0 Å². The lowest BCUT2D eigenvalue weighted by Gasteiger charge is -2.31. The van der Waals surface area contributed by atoms with E-state index in [2.05, 4.69) is 15.5 Å². The highest BCUT2D eigenvalue weighted by atomic mass is 16.2. The molecule has 1 aliphatic carbocycles. The van der Waals surface area contributed by atoms with Gasteiger partial charge in [0.2, 0.25) is 11.8 Å². The zero-order valence-electron chi connectivity index (χ0n) is 11.3. The molecular weight excluding hydrogens is 256 g/mol. The van der Waals surface area contributed by atoms with Gasteiger partial charge in [-0.2, -0.15) is 10.2 Å². The largest absolute Gasteiger partial charge is 0.342 e. The molecule has 1 aromatic rings. The first-order chi connectivity index (χ1) is 9.70. The number of carbonyl (C=O) groups is 2. The number of hydrogen-bond donors (Lipinski definition) is 1. The third-order valence-electron chi connectivity index (χ3n) is 4.12. The van der Waals surface area contributed by atoms with E-state index in [1.165, 1.54) is 0 Å². The minimum atomic E-state index is -0.671. The molecule has 6 heteroatoms. The van der Waals surface area contributed by atoms with E-state index in [4.69, 9.17) is 0 Å². The van der Waals surface area contributed by atoms with E-state index in [1.807, 2.05) is 6.07 Å². The van der Waals surface area contributed by atoms with E-state index in [9.17, 15) is 9.59 Å². The predicted molar refractivity (Wildman–Crippen MR) is 71.4 cm³/mol. The van der Waals surface area contributed by atoms with Crippen molar-refractivity contribution in [1.29, 1.82) is 0 Å². The smallest absolute Gasteiger partial charge is 0.248 e. The summed E-state index contributed by atoms with van der Waals surface area (Å²) in [7, 11) is 0. The van der Waals surface area contributed by atoms with Gasteiger partial charge in [0.15, 0.2) is 0 Å². The summed E-state index contributed by atoms with van der Waals surface area (Å²) in [5.74, 6) is 0.00778. The minimum Gasteiger partial charge on any atom is -0.342 e. The van der Waals surface area contributed by atoms with Crippen molar-refractivity contribution < 1.29 is 9.59 Å². The third kappa shape index (κ3) is 2.37. The van der Waals surface area contributed by atoms with Gasteiger partial charge < -0.3 is 10.2 Å². The van der Waals surface area contributed by atoms with Crippen LogP contribution in [0.2, 0.25) is 0 Å². The van der Waals surface area contributed by atoms with E-state index in [-0.39, 0.29) is 11.8 Å². The van der Waals surface area contributed by atoms with Gasteiger partial charge in [0, 0.05) is 19.2 Å². The fourth-order valence-corrected chi connectivity index (χ4v) is 3.11. The number of carbonyl (C=O) groups excluding carboxylic acids is 2. The van der Waals surface area contributed by atoms with Crippen molar-refractivity contribution in [3.8, 4) is 0 Å². The summed E-state index contributed by atoms with van der Waals surface area (Å²) in [4.78, 5) is 26.4. The average Bonchev–Trinajstić information content (AvgIpc) is 2.89. The summed E-state index contributed by atoms with van der Waals surface area (Å²) >= 11 is 0. The predicted octanol–water partition coefficient (Wildman–Crippen LogP) is 0.638. The Labute approximate surface area is 117 Å². The van der Waals surface area contributed by atoms with E-state index < -0.39 is 5.54 Å². The van der Waals surface area contributed by atoms with Crippen LogP contribution in [0.1, 0.15) is 37.8 Å². The Morgan fingerprint density at radius 1 is 1.30 bits per heavy atom. The first-order valence-electron chi connectivity index (χ1n) is 7.07. The summed E-state index contributed by atoms with van der Waals surface area (Å²) in [6.07, 6.45) is 5.43. The first kappa shape index (κ1) is 13.0. The van der Waals surface area contributed by atoms with Gasteiger partial charge >= 0.3 is 0 Å². The van der Waals surface area contributed by atoms with Crippen molar-refractivity contribution in [3.05, 3.63) is 24.0 Å². The Morgan fingerprint density at radius 2 is 2.10 bits per heavy atom. The topological polar surface area (TPSA) is 75.2 Å². The van der Waals surface area contributed by atoms with Gasteiger partial charge in [-0.1, -0.05) is 12.8 Å². The molecule has 1 N–H and O–H groups in total. The molecule has 1 saturated carbocycles. The number of amides is 2. The lowest BCUT2D eigenvalue weighted by molar-refractivity contribution is -0.139. The molecule has 0 atom stereocenters. The van der Waals surface area contributed by atoms with Gasteiger partial charge in [0.25, 0.3) is 0 Å². The molecule has 2 heterocycles. The summed E-state index contributed by atoms with van der Waals surface area (Å²) in [6, 6.07) is 3.65. The van der Waals surface area contributed by atoms with Gasteiger partial charge in [0.1, 0.15) is 5.54 Å². The molecule has 1 saturated heterocycles. The molecule has 1 aromatic heterocycles. The summed E-state index contributed by atoms with van der Waals surface area (Å²) in [5.41, 5.74) is 0.0823. The van der Waals surface area contributed by atoms with Crippen LogP contribution in [-0.4, -0.2) is 39.0 Å². The number of nitrogens with zero attached hydrogens (tertiary/aromatic N) is 3. The molecular formula is C14H18N4O2. The summed E-state index contributed by atoms with van der Waals surface area (Å²) in [5, 5.41) is 10.8. The van der Waals surface area contributed by atoms with Crippen LogP contribution in [0.15, 0.2) is 18.3 Å². The van der Waals surface area contributed by atoms with Crippen LogP contribution in [0.25, 0.3) is 0 Å². The quantitative estimate of drug-likeness (QED) is 0.858. The van der Waals surface area contributed by atoms with Crippen molar-refractivity contribution in [1.82, 2.24) is 20.4 Å². The fourth-order valence-electron chi connectivity index (χ4n) is 3.11. The van der Waals surface area contributed by atoms with E-state index in [0.29, 0.717) is 19.5 Å². The van der Waals surface area contributed by atoms with Crippen LogP contribution >= 0.6 is 0 Å². The Bertz CT molecular complexity index is 511. The van der Waals surface area contributed by atoms with Crippen molar-refractivity contribution in [2.75, 3.05) is 6.54 Å². The maximum atomic E-state index is 12.8. The van der Waals surface area contributed by atoms with Crippen LogP contribution in [0.4, 0.5) is 0 Å². The van der Waals surface area contributed by atoms with Gasteiger partial charge in [-0.25, -0.2) is 0 Å². The molecule has 0 aromatic carbocycles. The van der Waals surface area contributed by atoms with Crippen LogP contribution < -0.4 is 5.32 Å². The summed E-state index contributed by atoms with van der Waals surface area (Å²) in [6.45, 7) is 0.867. The van der Waals surface area contributed by atoms with Crippen LogP contribution in [0, 0.1) is 0 Å². The number of rotatable bonds is 2. The SMILES string of the molecule is O=C1CCN(Cc2cccnn2)C(=O)C2(CCCC2)N1. The molecule has 2 amide bonds. The molecule has 106 valence electrons. The normalized spacial score (nSPS) is 21.9. The van der Waals surface area contributed by atoms with Crippen molar-refractivity contribution >= 4 is 11.8 Å². The number of nitrogens with one attached hydrogen (secondary N) is 1. The molecule has 2 aliphatic rings. The molecule has 1 aliphatic heterocycles. The maximum Gasteiger partial charge on any atom is 0.248 e. The molecule has 3 rings (SSSR count). The molecule has 2 fully saturated rings. The Balaban J connectivity index is 1.83. The third-order valence-corrected chi connectivity index (χ3v) is 4.12. The Hall–Kier alpha value is -1.98. The van der Waals surface area contributed by atoms with Crippen LogP contribution in [-0.2, 0) is 16.1 Å². The average molecular weight is 274 g/mol. The zero-order valence-corrected chi connectivity index (χ0v) is 11.3. The highest BCUT2D eigenvalue weighted by molar-refractivity contribution is 5.93. The lowest BCUT2D eigenvalue weighted by Crippen LogP contribution is -2.55. The standard InChI is InChI=1S/C14H18N4O2/c19-12-5-9-18(10-11-4-3-8-15-17-11)13(20)14(16-12)6-1-2-7-14/h3-4,8H,1-2,5-7,9-10H2,(H,16,19). The van der Waals surface area contributed by atoms with Crippen molar-refractivity contribution in [2.45, 2.75) is 44.2 Å². The fraction of sp³-hybridized carbons (Fsp3) is 0.571. The Kier molecular flexibility index (Phi) is 3.38. The van der Waals surface area contributed by atoms with E-state index in [1.54, 1.807) is 17.2 Å². The Morgan fingerprint density at radius 3 is 2.80 bits per heavy atom. The second kappa shape index (κ2) is 5.19. The monoisotopic (exact) mass is 274 g/mol.